The number of methoxy groups -OCH3 is 1. The van der Waals surface area contributed by atoms with Crippen molar-refractivity contribution in [2.75, 3.05) is 7.11 Å². The second-order valence-electron chi connectivity index (χ2n) is 4.85. The Morgan fingerprint density at radius 2 is 2.05 bits per heavy atom. The van der Waals surface area contributed by atoms with Gasteiger partial charge in [0, 0.05) is 6.54 Å². The van der Waals surface area contributed by atoms with E-state index in [9.17, 15) is 0 Å². The standard InChI is InChI=1S/C16H23N3O/c1-4-10-19-16(14(20-3)11-18-19)15(17)13-9-7-6-8-12(13)5-2/h6-9,11,15H,4-5,10,17H2,1-3H3. The Labute approximate surface area is 120 Å². The van der Waals surface area contributed by atoms with Crippen molar-refractivity contribution in [2.45, 2.75) is 39.3 Å². The van der Waals surface area contributed by atoms with Crippen molar-refractivity contribution in [3.05, 3.63) is 47.3 Å². The van der Waals surface area contributed by atoms with E-state index in [-0.39, 0.29) is 6.04 Å². The first-order valence-corrected chi connectivity index (χ1v) is 7.15. The fourth-order valence-electron chi connectivity index (χ4n) is 2.55. The first-order valence-electron chi connectivity index (χ1n) is 7.15. The molecule has 1 aromatic carbocycles. The molecule has 4 heteroatoms. The highest BCUT2D eigenvalue weighted by Crippen LogP contribution is 2.30. The summed E-state index contributed by atoms with van der Waals surface area (Å²) < 4.78 is 7.38. The van der Waals surface area contributed by atoms with Crippen LogP contribution in [0.4, 0.5) is 0 Å². The average molecular weight is 273 g/mol. The van der Waals surface area contributed by atoms with Crippen molar-refractivity contribution < 1.29 is 4.74 Å². The Balaban J connectivity index is 2.46. The van der Waals surface area contributed by atoms with Crippen LogP contribution in [0.1, 0.15) is 43.1 Å². The van der Waals surface area contributed by atoms with Gasteiger partial charge < -0.3 is 10.5 Å². The zero-order valence-electron chi connectivity index (χ0n) is 12.5. The maximum atomic E-state index is 6.50. The molecule has 0 bridgehead atoms. The summed E-state index contributed by atoms with van der Waals surface area (Å²) in [4.78, 5) is 0. The van der Waals surface area contributed by atoms with Gasteiger partial charge in [0.05, 0.1) is 19.3 Å². The molecule has 0 fully saturated rings. The maximum absolute atomic E-state index is 6.50. The van der Waals surface area contributed by atoms with Gasteiger partial charge in [-0.1, -0.05) is 38.1 Å². The number of benzene rings is 1. The third kappa shape index (κ3) is 2.70. The molecule has 0 saturated heterocycles. The van der Waals surface area contributed by atoms with Gasteiger partial charge in [-0.3, -0.25) is 4.68 Å². The van der Waals surface area contributed by atoms with E-state index in [4.69, 9.17) is 10.5 Å². The maximum Gasteiger partial charge on any atom is 0.161 e. The van der Waals surface area contributed by atoms with E-state index in [2.05, 4.69) is 37.1 Å². The van der Waals surface area contributed by atoms with Crippen molar-refractivity contribution in [1.82, 2.24) is 9.78 Å². The molecular formula is C16H23N3O. The Bertz CT molecular complexity index is 563. The minimum atomic E-state index is -0.213. The van der Waals surface area contributed by atoms with E-state index in [0.29, 0.717) is 0 Å². The van der Waals surface area contributed by atoms with Crippen LogP contribution in [0.5, 0.6) is 5.75 Å². The van der Waals surface area contributed by atoms with Crippen LogP contribution < -0.4 is 10.5 Å². The van der Waals surface area contributed by atoms with E-state index < -0.39 is 0 Å². The summed E-state index contributed by atoms with van der Waals surface area (Å²) in [6.07, 6.45) is 3.73. The molecule has 20 heavy (non-hydrogen) atoms. The molecule has 1 aromatic heterocycles. The lowest BCUT2D eigenvalue weighted by atomic mass is 9.96. The molecule has 1 heterocycles. The Morgan fingerprint density at radius 3 is 2.70 bits per heavy atom. The van der Waals surface area contributed by atoms with Crippen LogP contribution in [0.15, 0.2) is 30.5 Å². The molecule has 2 N–H and O–H groups in total. The highest BCUT2D eigenvalue weighted by Gasteiger charge is 2.21. The molecule has 0 radical (unpaired) electrons. The molecule has 4 nitrogen and oxygen atoms in total. The molecule has 0 amide bonds. The topological polar surface area (TPSA) is 53.1 Å². The Kier molecular flexibility index (Phi) is 4.79. The molecule has 0 saturated carbocycles. The summed E-state index contributed by atoms with van der Waals surface area (Å²) in [7, 11) is 1.66. The summed E-state index contributed by atoms with van der Waals surface area (Å²) in [6.45, 7) is 5.12. The van der Waals surface area contributed by atoms with Crippen LogP contribution in [0.25, 0.3) is 0 Å². The quantitative estimate of drug-likeness (QED) is 0.880. The predicted molar refractivity (Wildman–Crippen MR) is 80.9 cm³/mol. The monoisotopic (exact) mass is 273 g/mol. The SMILES string of the molecule is CCCn1ncc(OC)c1C(N)c1ccccc1CC. The van der Waals surface area contributed by atoms with Gasteiger partial charge in [0.15, 0.2) is 5.75 Å². The molecule has 1 atom stereocenters. The van der Waals surface area contributed by atoms with E-state index in [0.717, 1.165) is 36.4 Å². The summed E-state index contributed by atoms with van der Waals surface area (Å²) in [5.41, 5.74) is 9.87. The smallest absolute Gasteiger partial charge is 0.161 e. The van der Waals surface area contributed by atoms with Crippen molar-refractivity contribution in [3.63, 3.8) is 0 Å². The molecule has 0 aliphatic carbocycles. The van der Waals surface area contributed by atoms with Crippen molar-refractivity contribution in [1.29, 1.82) is 0 Å². The number of nitrogens with two attached hydrogens (primary N) is 1. The largest absolute Gasteiger partial charge is 0.493 e. The first-order chi connectivity index (χ1) is 9.72. The van der Waals surface area contributed by atoms with E-state index in [1.165, 1.54) is 5.56 Å². The van der Waals surface area contributed by atoms with E-state index in [1.54, 1.807) is 13.3 Å². The molecule has 0 aliphatic rings. The Hall–Kier alpha value is -1.81. The van der Waals surface area contributed by atoms with Gasteiger partial charge in [0.25, 0.3) is 0 Å². The fourth-order valence-corrected chi connectivity index (χ4v) is 2.55. The highest BCUT2D eigenvalue weighted by molar-refractivity contribution is 5.40. The van der Waals surface area contributed by atoms with Crippen molar-refractivity contribution in [2.24, 2.45) is 5.73 Å². The normalized spacial score (nSPS) is 12.4. The van der Waals surface area contributed by atoms with Crippen molar-refractivity contribution in [3.8, 4) is 5.75 Å². The second-order valence-corrected chi connectivity index (χ2v) is 4.85. The number of ether oxygens (including phenoxy) is 1. The molecule has 0 spiro atoms. The minimum Gasteiger partial charge on any atom is -0.493 e. The summed E-state index contributed by atoms with van der Waals surface area (Å²) in [5.74, 6) is 0.761. The van der Waals surface area contributed by atoms with E-state index in [1.807, 2.05) is 10.7 Å². The number of hydrogen-bond acceptors (Lipinski definition) is 3. The van der Waals surface area contributed by atoms with Crippen LogP contribution in [-0.2, 0) is 13.0 Å². The Morgan fingerprint density at radius 1 is 1.30 bits per heavy atom. The summed E-state index contributed by atoms with van der Waals surface area (Å²) in [6, 6.07) is 8.08. The lowest BCUT2D eigenvalue weighted by Crippen LogP contribution is -2.19. The highest BCUT2D eigenvalue weighted by atomic mass is 16.5. The third-order valence-corrected chi connectivity index (χ3v) is 3.57. The molecule has 1 unspecified atom stereocenters. The van der Waals surface area contributed by atoms with Gasteiger partial charge in [-0.25, -0.2) is 0 Å². The molecule has 2 rings (SSSR count). The zero-order chi connectivity index (χ0) is 14.5. The minimum absolute atomic E-state index is 0.213. The molecule has 0 aliphatic heterocycles. The van der Waals surface area contributed by atoms with Crippen molar-refractivity contribution >= 4 is 0 Å². The van der Waals surface area contributed by atoms with Gasteiger partial charge >= 0.3 is 0 Å². The van der Waals surface area contributed by atoms with Gasteiger partial charge in [-0.15, -0.1) is 0 Å². The van der Waals surface area contributed by atoms with Crippen LogP contribution in [0.3, 0.4) is 0 Å². The van der Waals surface area contributed by atoms with Crippen LogP contribution >= 0.6 is 0 Å². The van der Waals surface area contributed by atoms with E-state index >= 15 is 0 Å². The number of aromatic nitrogens is 2. The van der Waals surface area contributed by atoms with Crippen LogP contribution in [0.2, 0.25) is 0 Å². The lowest BCUT2D eigenvalue weighted by Gasteiger charge is -2.18. The second kappa shape index (κ2) is 6.57. The third-order valence-electron chi connectivity index (χ3n) is 3.57. The molecular weight excluding hydrogens is 250 g/mol. The zero-order valence-corrected chi connectivity index (χ0v) is 12.5. The molecule has 108 valence electrons. The van der Waals surface area contributed by atoms with Crippen LogP contribution in [0, 0.1) is 0 Å². The molecule has 2 aromatic rings. The predicted octanol–water partition coefficient (Wildman–Crippen LogP) is 2.91. The number of hydrogen-bond donors (Lipinski definition) is 1. The number of aryl methyl sites for hydroxylation is 2. The summed E-state index contributed by atoms with van der Waals surface area (Å²) in [5, 5.41) is 4.39. The van der Waals surface area contributed by atoms with Gasteiger partial charge in [-0.05, 0) is 24.0 Å². The summed E-state index contributed by atoms with van der Waals surface area (Å²) >= 11 is 0. The fraction of sp³-hybridized carbons (Fsp3) is 0.438. The van der Waals surface area contributed by atoms with Crippen LogP contribution in [-0.4, -0.2) is 16.9 Å². The van der Waals surface area contributed by atoms with Gasteiger partial charge in [0.1, 0.15) is 5.69 Å². The van der Waals surface area contributed by atoms with Gasteiger partial charge in [-0.2, -0.15) is 5.10 Å². The average Bonchev–Trinajstić information content (AvgIpc) is 2.89. The number of rotatable bonds is 6. The first kappa shape index (κ1) is 14.6. The van der Waals surface area contributed by atoms with Gasteiger partial charge in [0.2, 0.25) is 0 Å². The number of nitrogens with zero attached hydrogens (tertiary/aromatic N) is 2. The lowest BCUT2D eigenvalue weighted by molar-refractivity contribution is 0.404.